The second-order valence-corrected chi connectivity index (χ2v) is 5.69. The highest BCUT2D eigenvalue weighted by Gasteiger charge is 2.44. The molecule has 16 heavy (non-hydrogen) atoms. The number of piperidine rings is 1. The van der Waals surface area contributed by atoms with Gasteiger partial charge in [-0.25, -0.2) is 0 Å². The summed E-state index contributed by atoms with van der Waals surface area (Å²) >= 11 is 0. The van der Waals surface area contributed by atoms with Crippen LogP contribution in [0.2, 0.25) is 0 Å². The van der Waals surface area contributed by atoms with Gasteiger partial charge >= 0.3 is 0 Å². The molecule has 0 saturated carbocycles. The lowest BCUT2D eigenvalue weighted by molar-refractivity contribution is 0.0395. The Morgan fingerprint density at radius 2 is 1.81 bits per heavy atom. The van der Waals surface area contributed by atoms with Gasteiger partial charge in [0.05, 0.1) is 0 Å². The summed E-state index contributed by atoms with van der Waals surface area (Å²) in [5.41, 5.74) is 3.21. The highest BCUT2D eigenvalue weighted by Crippen LogP contribution is 2.53. The van der Waals surface area contributed by atoms with Crippen LogP contribution in [0.25, 0.3) is 0 Å². The van der Waals surface area contributed by atoms with E-state index in [0.717, 1.165) is 5.92 Å². The maximum Gasteiger partial charge on any atom is 0.0385 e. The average molecular weight is 215 g/mol. The van der Waals surface area contributed by atoms with Crippen LogP contribution in [0.4, 0.5) is 0 Å². The molecule has 0 N–H and O–H groups in total. The lowest BCUT2D eigenvalue weighted by Gasteiger charge is -2.41. The molecule has 0 radical (unpaired) electrons. The van der Waals surface area contributed by atoms with Gasteiger partial charge in [-0.3, -0.25) is 4.90 Å². The van der Waals surface area contributed by atoms with Crippen molar-refractivity contribution in [1.82, 2.24) is 4.90 Å². The van der Waals surface area contributed by atoms with Crippen LogP contribution in [-0.2, 0) is 0 Å². The first kappa shape index (κ1) is 10.3. The summed E-state index contributed by atoms with van der Waals surface area (Å²) in [6.45, 7) is 7.09. The van der Waals surface area contributed by atoms with Crippen LogP contribution in [0.15, 0.2) is 24.3 Å². The summed E-state index contributed by atoms with van der Waals surface area (Å²) in [6.07, 6.45) is 2.72. The van der Waals surface area contributed by atoms with Crippen molar-refractivity contribution in [3.8, 4) is 0 Å². The Bertz CT molecular complexity index is 396. The third-order valence-corrected chi connectivity index (χ3v) is 4.39. The molecule has 2 bridgehead atoms. The van der Waals surface area contributed by atoms with E-state index in [1.54, 1.807) is 11.1 Å². The molecule has 2 heterocycles. The van der Waals surface area contributed by atoms with Crippen LogP contribution < -0.4 is 0 Å². The maximum absolute atomic E-state index is 2.73. The van der Waals surface area contributed by atoms with Gasteiger partial charge in [0, 0.05) is 18.1 Å². The zero-order valence-electron chi connectivity index (χ0n) is 10.5. The van der Waals surface area contributed by atoms with E-state index >= 15 is 0 Å². The Hall–Kier alpha value is -0.820. The Balaban J connectivity index is 2.11. The van der Waals surface area contributed by atoms with E-state index in [1.807, 2.05) is 0 Å². The predicted molar refractivity (Wildman–Crippen MR) is 67.3 cm³/mol. The van der Waals surface area contributed by atoms with Crippen molar-refractivity contribution in [3.63, 3.8) is 0 Å². The van der Waals surface area contributed by atoms with Gasteiger partial charge in [-0.15, -0.1) is 0 Å². The van der Waals surface area contributed by atoms with E-state index in [4.69, 9.17) is 0 Å². The normalized spacial score (nSPS) is 33.1. The minimum Gasteiger partial charge on any atom is -0.287 e. The van der Waals surface area contributed by atoms with Crippen molar-refractivity contribution in [1.29, 1.82) is 0 Å². The number of hydrogen-bond acceptors (Lipinski definition) is 1. The number of benzene rings is 1. The first-order valence-corrected chi connectivity index (χ1v) is 6.56. The van der Waals surface area contributed by atoms with Crippen LogP contribution >= 0.6 is 0 Å². The summed E-state index contributed by atoms with van der Waals surface area (Å²) in [4.78, 5) is 2.73. The van der Waals surface area contributed by atoms with Gasteiger partial charge in [0.25, 0.3) is 0 Å². The summed E-state index contributed by atoms with van der Waals surface area (Å²) in [7, 11) is 0. The molecule has 1 nitrogen and oxygen atoms in total. The molecule has 0 aromatic heterocycles. The molecule has 3 atom stereocenters. The molecule has 1 aromatic carbocycles. The van der Waals surface area contributed by atoms with Gasteiger partial charge in [-0.1, -0.05) is 31.2 Å². The smallest absolute Gasteiger partial charge is 0.0385 e. The molecule has 0 spiro atoms. The molecule has 0 amide bonds. The van der Waals surface area contributed by atoms with E-state index in [0.29, 0.717) is 18.1 Å². The van der Waals surface area contributed by atoms with Crippen LogP contribution in [0, 0.1) is 5.92 Å². The van der Waals surface area contributed by atoms with Crippen LogP contribution in [0.3, 0.4) is 0 Å². The molecule has 1 heteroatoms. The summed E-state index contributed by atoms with van der Waals surface area (Å²) < 4.78 is 0. The largest absolute Gasteiger partial charge is 0.287 e. The fourth-order valence-corrected chi connectivity index (χ4v) is 3.76. The topological polar surface area (TPSA) is 3.24 Å². The molecule has 0 unspecified atom stereocenters. The van der Waals surface area contributed by atoms with E-state index in [9.17, 15) is 0 Å². The monoisotopic (exact) mass is 215 g/mol. The minimum atomic E-state index is 0.658. The van der Waals surface area contributed by atoms with Gasteiger partial charge in [0.15, 0.2) is 0 Å². The predicted octanol–water partition coefficient (Wildman–Crippen LogP) is 3.92. The fourth-order valence-electron chi connectivity index (χ4n) is 3.76. The quantitative estimate of drug-likeness (QED) is 0.686. The van der Waals surface area contributed by atoms with Gasteiger partial charge in [0.2, 0.25) is 0 Å². The number of fused-ring (bicyclic) bond motifs is 5. The third kappa shape index (κ3) is 1.27. The van der Waals surface area contributed by atoms with Crippen molar-refractivity contribution >= 4 is 0 Å². The van der Waals surface area contributed by atoms with Crippen LogP contribution in [0.1, 0.15) is 56.8 Å². The molecule has 0 aliphatic carbocycles. The lowest BCUT2D eigenvalue weighted by Crippen LogP contribution is -2.39. The van der Waals surface area contributed by atoms with Gasteiger partial charge < -0.3 is 0 Å². The molecule has 2 aliphatic rings. The van der Waals surface area contributed by atoms with Crippen LogP contribution in [-0.4, -0.2) is 10.9 Å². The Morgan fingerprint density at radius 3 is 2.50 bits per heavy atom. The maximum atomic E-state index is 2.73. The minimum absolute atomic E-state index is 0.658. The summed E-state index contributed by atoms with van der Waals surface area (Å²) in [5.74, 6) is 0.808. The molecule has 86 valence electrons. The molecule has 1 aromatic rings. The van der Waals surface area contributed by atoms with Crippen molar-refractivity contribution in [2.24, 2.45) is 5.92 Å². The molecule has 1 fully saturated rings. The third-order valence-electron chi connectivity index (χ3n) is 4.39. The summed E-state index contributed by atoms with van der Waals surface area (Å²) in [6, 6.07) is 11.1. The Morgan fingerprint density at radius 1 is 1.12 bits per heavy atom. The highest BCUT2D eigenvalue weighted by atomic mass is 15.2. The first-order valence-electron chi connectivity index (χ1n) is 6.56. The Kier molecular flexibility index (Phi) is 2.32. The van der Waals surface area contributed by atoms with Crippen molar-refractivity contribution in [2.45, 2.75) is 51.7 Å². The zero-order valence-corrected chi connectivity index (χ0v) is 10.5. The second-order valence-electron chi connectivity index (χ2n) is 5.69. The van der Waals surface area contributed by atoms with Crippen LogP contribution in [0.5, 0.6) is 0 Å². The number of rotatable bonds is 1. The zero-order chi connectivity index (χ0) is 11.3. The van der Waals surface area contributed by atoms with E-state index in [2.05, 4.69) is 49.9 Å². The standard InChI is InChI=1S/C15H21N/c1-10(2)16-14-9-8-11(3)15(16)13-7-5-4-6-12(13)14/h4-7,10-11,14-15H,8-9H2,1-3H3/t11-,14-,15+/m0/s1. The van der Waals surface area contributed by atoms with Gasteiger partial charge in [0.1, 0.15) is 0 Å². The molecule has 1 saturated heterocycles. The number of hydrogen-bond donors (Lipinski definition) is 0. The van der Waals surface area contributed by atoms with Crippen molar-refractivity contribution in [2.75, 3.05) is 0 Å². The summed E-state index contributed by atoms with van der Waals surface area (Å²) in [5, 5.41) is 0. The van der Waals surface area contributed by atoms with E-state index in [-0.39, 0.29) is 0 Å². The van der Waals surface area contributed by atoms with Gasteiger partial charge in [-0.05, 0) is 43.7 Å². The Labute approximate surface area is 98.5 Å². The lowest BCUT2D eigenvalue weighted by atomic mass is 9.89. The SMILES string of the molecule is CC(C)N1[C@H]2CC[C@H](C)[C@@H]1c1ccccc12. The molecule has 3 rings (SSSR count). The second kappa shape index (κ2) is 3.59. The molecular formula is C15H21N. The number of nitrogens with zero attached hydrogens (tertiary/aromatic N) is 1. The van der Waals surface area contributed by atoms with Crippen molar-refractivity contribution in [3.05, 3.63) is 35.4 Å². The van der Waals surface area contributed by atoms with E-state index < -0.39 is 0 Å². The molecule has 2 aliphatic heterocycles. The molecular weight excluding hydrogens is 194 g/mol. The van der Waals surface area contributed by atoms with E-state index in [1.165, 1.54) is 12.8 Å². The first-order chi connectivity index (χ1) is 7.70. The van der Waals surface area contributed by atoms with Crippen molar-refractivity contribution < 1.29 is 0 Å². The fraction of sp³-hybridized carbons (Fsp3) is 0.600. The van der Waals surface area contributed by atoms with Gasteiger partial charge in [-0.2, -0.15) is 0 Å². The highest BCUT2D eigenvalue weighted by molar-refractivity contribution is 5.39. The average Bonchev–Trinajstić information content (AvgIpc) is 2.54.